The Morgan fingerprint density at radius 1 is 1.13 bits per heavy atom. The molecule has 2 heterocycles. The van der Waals surface area contributed by atoms with Crippen LogP contribution in [0.2, 0.25) is 5.02 Å². The summed E-state index contributed by atoms with van der Waals surface area (Å²) in [6, 6.07) is 5.90. The Kier molecular flexibility index (Phi) is 6.56. The molecule has 31 heavy (non-hydrogen) atoms. The van der Waals surface area contributed by atoms with E-state index in [1.54, 1.807) is 0 Å². The van der Waals surface area contributed by atoms with E-state index in [9.17, 15) is 14.4 Å². The van der Waals surface area contributed by atoms with Crippen molar-refractivity contribution in [2.75, 3.05) is 31.1 Å². The lowest BCUT2D eigenvalue weighted by Gasteiger charge is -2.39. The van der Waals surface area contributed by atoms with Gasteiger partial charge in [0.1, 0.15) is 0 Å². The van der Waals surface area contributed by atoms with Gasteiger partial charge in [0.25, 0.3) is 0 Å². The molecule has 1 saturated carbocycles. The summed E-state index contributed by atoms with van der Waals surface area (Å²) in [5.74, 6) is -0.0417. The number of anilines is 1. The van der Waals surface area contributed by atoms with Gasteiger partial charge < -0.3 is 9.80 Å². The van der Waals surface area contributed by atoms with Gasteiger partial charge in [-0.1, -0.05) is 36.9 Å². The third kappa shape index (κ3) is 4.59. The van der Waals surface area contributed by atoms with Gasteiger partial charge in [0.2, 0.25) is 17.7 Å². The lowest BCUT2D eigenvalue weighted by Crippen LogP contribution is -2.49. The molecule has 3 amide bonds. The molecule has 1 unspecified atom stereocenters. The van der Waals surface area contributed by atoms with E-state index < -0.39 is 5.41 Å². The number of imide groups is 1. The Hall–Kier alpha value is -2.08. The molecule has 1 aromatic rings. The monoisotopic (exact) mass is 445 g/mol. The molecule has 0 spiro atoms. The highest BCUT2D eigenvalue weighted by atomic mass is 35.5. The van der Waals surface area contributed by atoms with Crippen molar-refractivity contribution in [3.63, 3.8) is 0 Å². The van der Waals surface area contributed by atoms with Crippen LogP contribution in [0.5, 0.6) is 0 Å². The van der Waals surface area contributed by atoms with Crippen molar-refractivity contribution in [1.82, 2.24) is 10.2 Å². The first kappa shape index (κ1) is 22.1. The summed E-state index contributed by atoms with van der Waals surface area (Å²) in [5, 5.41) is 3.24. The number of hydrogen-bond donors (Lipinski definition) is 1. The summed E-state index contributed by atoms with van der Waals surface area (Å²) < 4.78 is 0. The van der Waals surface area contributed by atoms with E-state index in [1.165, 1.54) is 12.0 Å². The van der Waals surface area contributed by atoms with Crippen LogP contribution in [0.4, 0.5) is 5.69 Å². The van der Waals surface area contributed by atoms with Crippen LogP contribution >= 0.6 is 11.6 Å². The van der Waals surface area contributed by atoms with Gasteiger partial charge in [-0.25, -0.2) is 0 Å². The third-order valence-electron chi connectivity index (χ3n) is 7.50. The van der Waals surface area contributed by atoms with Crippen LogP contribution < -0.4 is 10.2 Å². The fraction of sp³-hybridized carbons (Fsp3) is 0.625. The van der Waals surface area contributed by atoms with E-state index in [4.69, 9.17) is 11.6 Å². The Balaban J connectivity index is 1.36. The second kappa shape index (κ2) is 9.19. The molecule has 1 atom stereocenters. The zero-order valence-corrected chi connectivity index (χ0v) is 19.0. The molecule has 6 nitrogen and oxygen atoms in total. The van der Waals surface area contributed by atoms with Crippen LogP contribution in [0.1, 0.15) is 56.9 Å². The number of nitrogens with zero attached hydrogens (tertiary/aromatic N) is 2. The molecule has 0 aromatic heterocycles. The molecule has 0 radical (unpaired) electrons. The lowest BCUT2D eigenvalue weighted by atomic mass is 9.65. The van der Waals surface area contributed by atoms with Gasteiger partial charge in [0.05, 0.1) is 5.41 Å². The number of rotatable bonds is 5. The van der Waals surface area contributed by atoms with Crippen molar-refractivity contribution in [3.8, 4) is 0 Å². The minimum atomic E-state index is -0.688. The van der Waals surface area contributed by atoms with Gasteiger partial charge in [0.15, 0.2) is 0 Å². The largest absolute Gasteiger partial charge is 0.368 e. The second-order valence-electron chi connectivity index (χ2n) is 9.34. The van der Waals surface area contributed by atoms with Crippen molar-refractivity contribution in [2.24, 2.45) is 11.3 Å². The molecule has 168 valence electrons. The standard InChI is InChI=1S/C24H32ClN3O3/c1-17-7-8-19(25)15-20(17)27-11-13-28(14-12-27)22(30)9-10-24(16-21(29)26-23(24)31)18-5-3-2-4-6-18/h7-8,15,18H,2-6,9-14,16H2,1H3,(H,26,29,31). The van der Waals surface area contributed by atoms with Crippen molar-refractivity contribution in [2.45, 2.75) is 58.3 Å². The average Bonchev–Trinajstić information content (AvgIpc) is 3.08. The number of carbonyl (C=O) groups is 3. The van der Waals surface area contributed by atoms with Crippen molar-refractivity contribution in [3.05, 3.63) is 28.8 Å². The first-order valence-electron chi connectivity index (χ1n) is 11.5. The van der Waals surface area contributed by atoms with E-state index in [0.29, 0.717) is 25.9 Å². The van der Waals surface area contributed by atoms with Gasteiger partial charge in [-0.3, -0.25) is 19.7 Å². The maximum Gasteiger partial charge on any atom is 0.233 e. The zero-order valence-electron chi connectivity index (χ0n) is 18.3. The predicted octanol–water partition coefficient (Wildman–Crippen LogP) is 3.69. The zero-order chi connectivity index (χ0) is 22.0. The molecule has 3 aliphatic rings. The van der Waals surface area contributed by atoms with E-state index in [1.807, 2.05) is 23.1 Å². The predicted molar refractivity (Wildman–Crippen MR) is 121 cm³/mol. The Morgan fingerprint density at radius 2 is 1.84 bits per heavy atom. The summed E-state index contributed by atoms with van der Waals surface area (Å²) in [5.41, 5.74) is 1.61. The number of nitrogens with one attached hydrogen (secondary N) is 1. The molecular weight excluding hydrogens is 414 g/mol. The number of hydrogen-bond acceptors (Lipinski definition) is 4. The van der Waals surface area contributed by atoms with Gasteiger partial charge in [-0.15, -0.1) is 0 Å². The Morgan fingerprint density at radius 3 is 2.48 bits per heavy atom. The van der Waals surface area contributed by atoms with Gasteiger partial charge in [-0.2, -0.15) is 0 Å². The number of halogens is 1. The van der Waals surface area contributed by atoms with E-state index >= 15 is 0 Å². The molecule has 0 bridgehead atoms. The van der Waals surface area contributed by atoms with Crippen LogP contribution in [0.15, 0.2) is 18.2 Å². The number of benzene rings is 1. The summed E-state index contributed by atoms with van der Waals surface area (Å²) in [6.45, 7) is 4.92. The second-order valence-corrected chi connectivity index (χ2v) is 9.78. The van der Waals surface area contributed by atoms with Crippen LogP contribution in [-0.2, 0) is 14.4 Å². The fourth-order valence-corrected chi connectivity index (χ4v) is 5.83. The summed E-state index contributed by atoms with van der Waals surface area (Å²) >= 11 is 6.17. The lowest BCUT2D eigenvalue weighted by molar-refractivity contribution is -0.135. The van der Waals surface area contributed by atoms with Crippen LogP contribution in [-0.4, -0.2) is 48.8 Å². The quantitative estimate of drug-likeness (QED) is 0.702. The minimum Gasteiger partial charge on any atom is -0.368 e. The number of aryl methyl sites for hydroxylation is 1. The van der Waals surface area contributed by atoms with Gasteiger partial charge >= 0.3 is 0 Å². The third-order valence-corrected chi connectivity index (χ3v) is 7.73. The minimum absolute atomic E-state index is 0.0878. The van der Waals surface area contributed by atoms with Crippen LogP contribution in [0.25, 0.3) is 0 Å². The maximum atomic E-state index is 13.0. The van der Waals surface area contributed by atoms with Crippen molar-refractivity contribution >= 4 is 35.0 Å². The molecule has 7 heteroatoms. The summed E-state index contributed by atoms with van der Waals surface area (Å²) in [4.78, 5) is 42.0. The maximum absolute atomic E-state index is 13.0. The number of amides is 3. The number of carbonyl (C=O) groups excluding carboxylic acids is 3. The molecule has 3 fully saturated rings. The SMILES string of the molecule is Cc1ccc(Cl)cc1N1CCN(C(=O)CCC2(C3CCCCC3)CC(=O)NC2=O)CC1. The highest BCUT2D eigenvalue weighted by Crippen LogP contribution is 2.47. The smallest absolute Gasteiger partial charge is 0.233 e. The highest BCUT2D eigenvalue weighted by Gasteiger charge is 2.51. The fourth-order valence-electron chi connectivity index (χ4n) is 5.66. The average molecular weight is 446 g/mol. The van der Waals surface area contributed by atoms with Crippen LogP contribution in [0.3, 0.4) is 0 Å². The normalized spacial score (nSPS) is 25.1. The highest BCUT2D eigenvalue weighted by molar-refractivity contribution is 6.30. The molecular formula is C24H32ClN3O3. The first-order valence-corrected chi connectivity index (χ1v) is 11.9. The molecule has 1 aromatic carbocycles. The topological polar surface area (TPSA) is 69.7 Å². The Labute approximate surface area is 189 Å². The van der Waals surface area contributed by atoms with Crippen molar-refractivity contribution < 1.29 is 14.4 Å². The first-order chi connectivity index (χ1) is 14.9. The van der Waals surface area contributed by atoms with Crippen LogP contribution in [0, 0.1) is 18.3 Å². The molecule has 1 aliphatic carbocycles. The molecule has 2 aliphatic heterocycles. The molecule has 2 saturated heterocycles. The molecule has 1 N–H and O–H groups in total. The van der Waals surface area contributed by atoms with E-state index in [2.05, 4.69) is 17.1 Å². The Bertz CT molecular complexity index is 860. The van der Waals surface area contributed by atoms with Gasteiger partial charge in [-0.05, 0) is 49.8 Å². The van der Waals surface area contributed by atoms with E-state index in [0.717, 1.165) is 49.5 Å². The van der Waals surface area contributed by atoms with Crippen molar-refractivity contribution in [1.29, 1.82) is 0 Å². The van der Waals surface area contributed by atoms with Gasteiger partial charge in [0, 0.05) is 49.7 Å². The summed E-state index contributed by atoms with van der Waals surface area (Å²) in [6.07, 6.45) is 6.40. The summed E-state index contributed by atoms with van der Waals surface area (Å²) in [7, 11) is 0. The number of piperazine rings is 1. The molecule has 4 rings (SSSR count). The van der Waals surface area contributed by atoms with E-state index in [-0.39, 0.29) is 30.1 Å².